The molecule has 0 aliphatic carbocycles. The molecule has 0 fully saturated rings. The van der Waals surface area contributed by atoms with Crippen LogP contribution in [0.1, 0.15) is 32.3 Å². The van der Waals surface area contributed by atoms with Gasteiger partial charge in [-0.2, -0.15) is 0 Å². The summed E-state index contributed by atoms with van der Waals surface area (Å²) in [6.45, 7) is 10.6. The fourth-order valence-corrected chi connectivity index (χ4v) is 3.26. The van der Waals surface area contributed by atoms with Crippen LogP contribution in [0.15, 0.2) is 23.6 Å². The van der Waals surface area contributed by atoms with Crippen LogP contribution in [0.25, 0.3) is 10.1 Å². The zero-order valence-electron chi connectivity index (χ0n) is 13.1. The third-order valence-electron chi connectivity index (χ3n) is 3.92. The summed E-state index contributed by atoms with van der Waals surface area (Å²) in [7, 11) is 0. The van der Waals surface area contributed by atoms with E-state index < -0.39 is 0 Å². The summed E-state index contributed by atoms with van der Waals surface area (Å²) in [5, 5.41) is 3.12. The fourth-order valence-electron chi connectivity index (χ4n) is 2.46. The lowest BCUT2D eigenvalue weighted by atomic mass is 10.0. The predicted molar refractivity (Wildman–Crippen MR) is 88.8 cm³/mol. The highest BCUT2D eigenvalue weighted by Gasteiger charge is 2.13. The van der Waals surface area contributed by atoms with Crippen LogP contribution >= 0.6 is 11.3 Å². The minimum absolute atomic E-state index is 0.0750. The summed E-state index contributed by atoms with van der Waals surface area (Å²) in [5.41, 5.74) is 0.753. The van der Waals surface area contributed by atoms with Gasteiger partial charge in [0.25, 0.3) is 0 Å². The molecule has 21 heavy (non-hydrogen) atoms. The normalized spacial score (nSPS) is 13.2. The van der Waals surface area contributed by atoms with Gasteiger partial charge in [0.05, 0.1) is 13.2 Å². The van der Waals surface area contributed by atoms with Gasteiger partial charge in [0.15, 0.2) is 0 Å². The maximum Gasteiger partial charge on any atom is 0.128 e. The summed E-state index contributed by atoms with van der Waals surface area (Å²) >= 11 is 1.57. The van der Waals surface area contributed by atoms with E-state index in [2.05, 4.69) is 18.7 Å². The molecule has 116 valence electrons. The van der Waals surface area contributed by atoms with Crippen LogP contribution in [0.2, 0.25) is 0 Å². The Morgan fingerprint density at radius 2 is 2.05 bits per heavy atom. The van der Waals surface area contributed by atoms with E-state index in [1.54, 1.807) is 17.4 Å². The molecule has 2 aromatic rings. The van der Waals surface area contributed by atoms with E-state index in [-0.39, 0.29) is 11.7 Å². The highest BCUT2D eigenvalue weighted by atomic mass is 32.1. The number of thiophene rings is 1. The van der Waals surface area contributed by atoms with Gasteiger partial charge in [0.2, 0.25) is 0 Å². The largest absolute Gasteiger partial charge is 0.379 e. The van der Waals surface area contributed by atoms with E-state index in [1.165, 1.54) is 0 Å². The fraction of sp³-hybridized carbons (Fsp3) is 0.529. The average Bonchev–Trinajstić information content (AvgIpc) is 2.93. The Morgan fingerprint density at radius 3 is 2.76 bits per heavy atom. The minimum atomic E-state index is -0.121. The number of benzene rings is 1. The topological polar surface area (TPSA) is 12.5 Å². The molecule has 0 unspecified atom stereocenters. The maximum atomic E-state index is 14.1. The lowest BCUT2D eigenvalue weighted by Gasteiger charge is -2.19. The van der Waals surface area contributed by atoms with Crippen LogP contribution in [-0.4, -0.2) is 37.7 Å². The maximum absolute atomic E-state index is 14.1. The second-order valence-corrected chi connectivity index (χ2v) is 6.28. The number of hydrogen-bond donors (Lipinski definition) is 0. The number of halogens is 1. The van der Waals surface area contributed by atoms with Crippen LogP contribution in [0.4, 0.5) is 4.39 Å². The van der Waals surface area contributed by atoms with Crippen molar-refractivity contribution in [1.82, 2.24) is 4.90 Å². The molecular weight excluding hydrogens is 285 g/mol. The molecule has 0 aliphatic heterocycles. The van der Waals surface area contributed by atoms with Gasteiger partial charge in [-0.3, -0.25) is 0 Å². The first-order valence-electron chi connectivity index (χ1n) is 7.62. The smallest absolute Gasteiger partial charge is 0.128 e. The molecule has 1 atom stereocenters. The van der Waals surface area contributed by atoms with Crippen LogP contribution in [0, 0.1) is 5.82 Å². The highest BCUT2D eigenvalue weighted by molar-refractivity contribution is 7.17. The van der Waals surface area contributed by atoms with Gasteiger partial charge in [0, 0.05) is 17.2 Å². The Morgan fingerprint density at radius 1 is 1.29 bits per heavy atom. The van der Waals surface area contributed by atoms with E-state index in [1.807, 2.05) is 24.4 Å². The van der Waals surface area contributed by atoms with Crippen LogP contribution in [-0.2, 0) is 4.74 Å². The molecule has 0 amide bonds. The van der Waals surface area contributed by atoms with Crippen molar-refractivity contribution in [3.8, 4) is 0 Å². The van der Waals surface area contributed by atoms with Gasteiger partial charge in [-0.1, -0.05) is 20.8 Å². The van der Waals surface area contributed by atoms with Crippen LogP contribution < -0.4 is 0 Å². The summed E-state index contributed by atoms with van der Waals surface area (Å²) in [5.74, 6) is -0.0456. The van der Waals surface area contributed by atoms with E-state index in [9.17, 15) is 4.39 Å². The minimum Gasteiger partial charge on any atom is -0.379 e. The van der Waals surface area contributed by atoms with Gasteiger partial charge < -0.3 is 9.64 Å². The Balaban J connectivity index is 1.89. The average molecular weight is 309 g/mol. The molecule has 0 bridgehead atoms. The van der Waals surface area contributed by atoms with Gasteiger partial charge >= 0.3 is 0 Å². The number of ether oxygens (including phenoxy) is 1. The predicted octanol–water partition coefficient (Wildman–Crippen LogP) is 4.50. The van der Waals surface area contributed by atoms with E-state index >= 15 is 0 Å². The number of hydrogen-bond acceptors (Lipinski definition) is 3. The van der Waals surface area contributed by atoms with Crippen molar-refractivity contribution in [2.45, 2.75) is 26.7 Å². The first-order chi connectivity index (χ1) is 10.2. The van der Waals surface area contributed by atoms with Gasteiger partial charge in [-0.25, -0.2) is 4.39 Å². The standard InChI is InChI=1S/C17H24FNOS/c1-4-19(5-2)7-8-20-12-13(3)15-10-14-6-9-21-17(14)11-16(15)18/h6,9-11,13H,4-5,7-8,12H2,1-3H3/t13-/m1/s1. The van der Waals surface area contributed by atoms with Crippen molar-refractivity contribution in [3.63, 3.8) is 0 Å². The molecular formula is C17H24FNOS. The molecule has 0 spiro atoms. The summed E-state index contributed by atoms with van der Waals surface area (Å²) in [6, 6.07) is 5.64. The second kappa shape index (κ2) is 7.87. The number of rotatable bonds is 8. The molecule has 0 saturated carbocycles. The molecule has 2 rings (SSSR count). The molecule has 0 aliphatic rings. The first-order valence-corrected chi connectivity index (χ1v) is 8.50. The first kappa shape index (κ1) is 16.4. The zero-order chi connectivity index (χ0) is 15.2. The molecule has 0 saturated heterocycles. The Bertz CT molecular complexity index is 565. The van der Waals surface area contributed by atoms with Crippen molar-refractivity contribution >= 4 is 21.4 Å². The SMILES string of the molecule is CCN(CC)CCOC[C@@H](C)c1cc2ccsc2cc1F. The van der Waals surface area contributed by atoms with Gasteiger partial charge in [-0.15, -0.1) is 11.3 Å². The highest BCUT2D eigenvalue weighted by Crippen LogP contribution is 2.28. The van der Waals surface area contributed by atoms with Crippen molar-refractivity contribution in [2.24, 2.45) is 0 Å². The van der Waals surface area contributed by atoms with Crippen molar-refractivity contribution in [3.05, 3.63) is 35.0 Å². The van der Waals surface area contributed by atoms with E-state index in [0.29, 0.717) is 13.2 Å². The molecule has 4 heteroatoms. The summed E-state index contributed by atoms with van der Waals surface area (Å²) in [4.78, 5) is 2.32. The summed E-state index contributed by atoms with van der Waals surface area (Å²) in [6.07, 6.45) is 0. The Labute approximate surface area is 130 Å². The monoisotopic (exact) mass is 309 g/mol. The van der Waals surface area contributed by atoms with Crippen LogP contribution in [0.3, 0.4) is 0 Å². The Hall–Kier alpha value is -0.970. The number of nitrogens with zero attached hydrogens (tertiary/aromatic N) is 1. The third-order valence-corrected chi connectivity index (χ3v) is 4.80. The molecule has 1 aromatic carbocycles. The number of likely N-dealkylation sites (N-methyl/N-ethyl adjacent to an activating group) is 1. The molecule has 2 nitrogen and oxygen atoms in total. The molecule has 1 heterocycles. The summed E-state index contributed by atoms with van der Waals surface area (Å²) < 4.78 is 20.9. The van der Waals surface area contributed by atoms with Crippen molar-refractivity contribution in [2.75, 3.05) is 32.8 Å². The molecule has 1 aromatic heterocycles. The molecule has 0 N–H and O–H groups in total. The van der Waals surface area contributed by atoms with Gasteiger partial charge in [-0.05, 0) is 47.6 Å². The van der Waals surface area contributed by atoms with Crippen LogP contribution in [0.5, 0.6) is 0 Å². The van der Waals surface area contributed by atoms with E-state index in [4.69, 9.17) is 4.74 Å². The van der Waals surface area contributed by atoms with Gasteiger partial charge in [0.1, 0.15) is 5.82 Å². The van der Waals surface area contributed by atoms with Crippen molar-refractivity contribution < 1.29 is 9.13 Å². The molecule has 0 radical (unpaired) electrons. The quantitative estimate of drug-likeness (QED) is 0.666. The Kier molecular flexibility index (Phi) is 6.15. The van der Waals surface area contributed by atoms with E-state index in [0.717, 1.165) is 35.3 Å². The second-order valence-electron chi connectivity index (χ2n) is 5.33. The lowest BCUT2D eigenvalue weighted by Crippen LogP contribution is -2.27. The third kappa shape index (κ3) is 4.25. The zero-order valence-corrected chi connectivity index (χ0v) is 13.9. The van der Waals surface area contributed by atoms with Crippen molar-refractivity contribution in [1.29, 1.82) is 0 Å². The number of fused-ring (bicyclic) bond motifs is 1. The lowest BCUT2D eigenvalue weighted by molar-refractivity contribution is 0.0981.